The second kappa shape index (κ2) is 7.42. The van der Waals surface area contributed by atoms with E-state index in [1.165, 1.54) is 0 Å². The normalized spacial score (nSPS) is 11.1. The number of hydrogen-bond acceptors (Lipinski definition) is 5. The molecular weight excluding hydrogens is 296 g/mol. The van der Waals surface area contributed by atoms with Crippen LogP contribution in [0.4, 0.5) is 0 Å². The van der Waals surface area contributed by atoms with E-state index in [0.717, 1.165) is 40.9 Å². The van der Waals surface area contributed by atoms with Gasteiger partial charge in [-0.15, -0.1) is 11.8 Å². The van der Waals surface area contributed by atoms with Crippen LogP contribution in [0.5, 0.6) is 0 Å². The van der Waals surface area contributed by atoms with Crippen LogP contribution in [-0.2, 0) is 0 Å². The zero-order valence-electron chi connectivity index (χ0n) is 12.2. The SMILES string of the molecule is OCCCCCSc1nc(-c2ccco2)nc2ccccc12. The van der Waals surface area contributed by atoms with E-state index in [2.05, 4.69) is 16.0 Å². The molecule has 0 aliphatic heterocycles. The van der Waals surface area contributed by atoms with Crippen molar-refractivity contribution in [3.63, 3.8) is 0 Å². The van der Waals surface area contributed by atoms with Crippen molar-refractivity contribution in [1.82, 2.24) is 9.97 Å². The third-order valence-corrected chi connectivity index (χ3v) is 4.43. The van der Waals surface area contributed by atoms with Gasteiger partial charge in [0, 0.05) is 12.0 Å². The Labute approximate surface area is 133 Å². The van der Waals surface area contributed by atoms with Crippen LogP contribution in [0.25, 0.3) is 22.5 Å². The molecule has 0 radical (unpaired) electrons. The number of aliphatic hydroxyl groups excluding tert-OH is 1. The summed E-state index contributed by atoms with van der Waals surface area (Å²) in [5, 5.41) is 10.9. The molecule has 4 nitrogen and oxygen atoms in total. The highest BCUT2D eigenvalue weighted by molar-refractivity contribution is 7.99. The predicted octanol–water partition coefficient (Wildman–Crippen LogP) is 4.14. The Morgan fingerprint density at radius 1 is 1.00 bits per heavy atom. The lowest BCUT2D eigenvalue weighted by atomic mass is 10.2. The van der Waals surface area contributed by atoms with E-state index in [1.54, 1.807) is 18.0 Å². The number of furan rings is 1. The fraction of sp³-hybridized carbons (Fsp3) is 0.294. The Bertz CT molecular complexity index is 729. The molecule has 2 heterocycles. The number of aliphatic hydroxyl groups is 1. The number of fused-ring (bicyclic) bond motifs is 1. The van der Waals surface area contributed by atoms with Gasteiger partial charge in [0.25, 0.3) is 0 Å². The van der Waals surface area contributed by atoms with Gasteiger partial charge in [-0.05, 0) is 36.8 Å². The predicted molar refractivity (Wildman–Crippen MR) is 88.9 cm³/mol. The molecule has 0 bridgehead atoms. The van der Waals surface area contributed by atoms with Crippen molar-refractivity contribution in [3.05, 3.63) is 42.7 Å². The number of hydrogen-bond donors (Lipinski definition) is 1. The van der Waals surface area contributed by atoms with Gasteiger partial charge >= 0.3 is 0 Å². The highest BCUT2D eigenvalue weighted by atomic mass is 32.2. The average molecular weight is 314 g/mol. The Morgan fingerprint density at radius 2 is 1.91 bits per heavy atom. The van der Waals surface area contributed by atoms with Gasteiger partial charge in [-0.1, -0.05) is 24.6 Å². The summed E-state index contributed by atoms with van der Waals surface area (Å²) in [7, 11) is 0. The number of unbranched alkanes of at least 4 members (excludes halogenated alkanes) is 2. The summed E-state index contributed by atoms with van der Waals surface area (Å²) in [6.07, 6.45) is 4.61. The standard InChI is InChI=1S/C17H18N2O2S/c20-10-4-1-5-12-22-17-13-7-2-3-8-14(13)18-16(19-17)15-9-6-11-21-15/h2-3,6-9,11,20H,1,4-5,10,12H2. The minimum atomic E-state index is 0.268. The van der Waals surface area contributed by atoms with Crippen LogP contribution in [0.15, 0.2) is 52.1 Å². The molecule has 0 aliphatic rings. The van der Waals surface area contributed by atoms with E-state index in [9.17, 15) is 0 Å². The lowest BCUT2D eigenvalue weighted by Crippen LogP contribution is -1.94. The first kappa shape index (κ1) is 15.1. The maximum absolute atomic E-state index is 8.83. The van der Waals surface area contributed by atoms with Gasteiger partial charge < -0.3 is 9.52 Å². The molecule has 1 aromatic carbocycles. The lowest BCUT2D eigenvalue weighted by Gasteiger charge is -2.07. The van der Waals surface area contributed by atoms with Gasteiger partial charge in [-0.25, -0.2) is 9.97 Å². The quantitative estimate of drug-likeness (QED) is 0.403. The van der Waals surface area contributed by atoms with Crippen LogP contribution in [0.2, 0.25) is 0 Å². The molecule has 0 fully saturated rings. The number of thioether (sulfide) groups is 1. The molecule has 3 aromatic rings. The number of benzene rings is 1. The van der Waals surface area contributed by atoms with Crippen molar-refractivity contribution < 1.29 is 9.52 Å². The van der Waals surface area contributed by atoms with Crippen molar-refractivity contribution in [1.29, 1.82) is 0 Å². The van der Waals surface area contributed by atoms with Gasteiger partial charge in [0.05, 0.1) is 11.8 Å². The van der Waals surface area contributed by atoms with Gasteiger partial charge in [0.1, 0.15) is 5.03 Å². The van der Waals surface area contributed by atoms with Crippen molar-refractivity contribution in [2.75, 3.05) is 12.4 Å². The largest absolute Gasteiger partial charge is 0.461 e. The van der Waals surface area contributed by atoms with Crippen molar-refractivity contribution >= 4 is 22.7 Å². The van der Waals surface area contributed by atoms with Gasteiger partial charge in [-0.2, -0.15) is 0 Å². The maximum atomic E-state index is 8.83. The van der Waals surface area contributed by atoms with Crippen LogP contribution < -0.4 is 0 Å². The minimum Gasteiger partial charge on any atom is -0.461 e. The van der Waals surface area contributed by atoms with Gasteiger partial charge in [0.15, 0.2) is 11.6 Å². The molecule has 0 saturated heterocycles. The van der Waals surface area contributed by atoms with Crippen LogP contribution in [-0.4, -0.2) is 27.4 Å². The fourth-order valence-corrected chi connectivity index (χ4v) is 3.25. The van der Waals surface area contributed by atoms with E-state index in [0.29, 0.717) is 11.6 Å². The summed E-state index contributed by atoms with van der Waals surface area (Å²) in [5.41, 5.74) is 0.932. The molecule has 3 rings (SSSR count). The van der Waals surface area contributed by atoms with E-state index in [-0.39, 0.29) is 6.61 Å². The summed E-state index contributed by atoms with van der Waals surface area (Å²) < 4.78 is 5.42. The fourth-order valence-electron chi connectivity index (χ4n) is 2.23. The Hall–Kier alpha value is -1.85. The van der Waals surface area contributed by atoms with Crippen molar-refractivity contribution in [2.45, 2.75) is 24.3 Å². The Morgan fingerprint density at radius 3 is 2.73 bits per heavy atom. The first-order valence-electron chi connectivity index (χ1n) is 7.43. The van der Waals surface area contributed by atoms with Crippen LogP contribution in [0, 0.1) is 0 Å². The van der Waals surface area contributed by atoms with E-state index >= 15 is 0 Å². The molecule has 0 aliphatic carbocycles. The minimum absolute atomic E-state index is 0.268. The number of nitrogens with zero attached hydrogens (tertiary/aromatic N) is 2. The molecule has 2 aromatic heterocycles. The number of aromatic nitrogens is 2. The monoisotopic (exact) mass is 314 g/mol. The zero-order chi connectivity index (χ0) is 15.2. The molecule has 0 amide bonds. The van der Waals surface area contributed by atoms with E-state index < -0.39 is 0 Å². The van der Waals surface area contributed by atoms with Crippen LogP contribution in [0.3, 0.4) is 0 Å². The smallest absolute Gasteiger partial charge is 0.197 e. The summed E-state index contributed by atoms with van der Waals surface area (Å²) in [6, 6.07) is 11.8. The summed E-state index contributed by atoms with van der Waals surface area (Å²) in [5.74, 6) is 2.30. The molecule has 0 spiro atoms. The third-order valence-electron chi connectivity index (χ3n) is 3.35. The van der Waals surface area contributed by atoms with Crippen LogP contribution in [0.1, 0.15) is 19.3 Å². The lowest BCUT2D eigenvalue weighted by molar-refractivity contribution is 0.284. The van der Waals surface area contributed by atoms with Gasteiger partial charge in [0.2, 0.25) is 0 Å². The highest BCUT2D eigenvalue weighted by Crippen LogP contribution is 2.29. The summed E-state index contributed by atoms with van der Waals surface area (Å²) in [6.45, 7) is 0.268. The molecule has 0 unspecified atom stereocenters. The zero-order valence-corrected chi connectivity index (χ0v) is 13.1. The first-order valence-corrected chi connectivity index (χ1v) is 8.41. The van der Waals surface area contributed by atoms with Gasteiger partial charge in [-0.3, -0.25) is 0 Å². The highest BCUT2D eigenvalue weighted by Gasteiger charge is 2.11. The molecule has 0 saturated carbocycles. The molecule has 22 heavy (non-hydrogen) atoms. The van der Waals surface area contributed by atoms with Crippen LogP contribution >= 0.6 is 11.8 Å². The Kier molecular flexibility index (Phi) is 5.08. The first-order chi connectivity index (χ1) is 10.9. The third kappa shape index (κ3) is 3.48. The summed E-state index contributed by atoms with van der Waals surface area (Å²) in [4.78, 5) is 9.25. The topological polar surface area (TPSA) is 59.2 Å². The molecular formula is C17H18N2O2S. The molecule has 5 heteroatoms. The number of rotatable bonds is 7. The molecule has 114 valence electrons. The Balaban J connectivity index is 1.86. The summed E-state index contributed by atoms with van der Waals surface area (Å²) >= 11 is 1.74. The maximum Gasteiger partial charge on any atom is 0.197 e. The van der Waals surface area contributed by atoms with Crippen molar-refractivity contribution in [3.8, 4) is 11.6 Å². The second-order valence-corrected chi connectivity index (χ2v) is 6.06. The van der Waals surface area contributed by atoms with E-state index in [4.69, 9.17) is 9.52 Å². The van der Waals surface area contributed by atoms with E-state index in [1.807, 2.05) is 30.3 Å². The average Bonchev–Trinajstić information content (AvgIpc) is 3.09. The molecule has 0 atom stereocenters. The second-order valence-electron chi connectivity index (χ2n) is 4.98. The van der Waals surface area contributed by atoms with Crippen molar-refractivity contribution in [2.24, 2.45) is 0 Å². The molecule has 1 N–H and O–H groups in total. The number of para-hydroxylation sites is 1.